The average molecular weight is 641 g/mol. The number of nitrogens with zero attached hydrogens (tertiary/aromatic N) is 5. The molecule has 0 radical (unpaired) electrons. The Morgan fingerprint density at radius 1 is 1.16 bits per heavy atom. The number of nitrogens with two attached hydrogens (primary N) is 1. The van der Waals surface area contributed by atoms with Gasteiger partial charge >= 0.3 is 0 Å². The highest BCUT2D eigenvalue weighted by molar-refractivity contribution is 7.89. The summed E-state index contributed by atoms with van der Waals surface area (Å²) in [5.41, 5.74) is 4.09. The zero-order valence-corrected chi connectivity index (χ0v) is 25.6. The second kappa shape index (κ2) is 11.9. The van der Waals surface area contributed by atoms with E-state index >= 15 is 8.78 Å². The highest BCUT2D eigenvalue weighted by Crippen LogP contribution is 2.39. The Labute approximate surface area is 256 Å². The third-order valence-corrected chi connectivity index (χ3v) is 9.24. The molecule has 1 fully saturated rings. The van der Waals surface area contributed by atoms with Crippen LogP contribution in [0.3, 0.4) is 0 Å². The molecule has 10 nitrogen and oxygen atoms in total. The van der Waals surface area contributed by atoms with E-state index in [9.17, 15) is 13.5 Å². The first-order valence-corrected chi connectivity index (χ1v) is 16.4. The van der Waals surface area contributed by atoms with Crippen molar-refractivity contribution in [3.05, 3.63) is 88.3 Å². The Morgan fingerprint density at radius 3 is 2.61 bits per heavy atom. The molecule has 3 aromatic heterocycles. The predicted octanol–water partition coefficient (Wildman–Crippen LogP) is 4.89. The molecule has 6 rings (SSSR count). The van der Waals surface area contributed by atoms with Crippen molar-refractivity contribution >= 4 is 21.4 Å². The van der Waals surface area contributed by atoms with Gasteiger partial charge in [0.2, 0.25) is 15.2 Å². The van der Waals surface area contributed by atoms with E-state index in [1.54, 1.807) is 53.2 Å². The van der Waals surface area contributed by atoms with Gasteiger partial charge in [0.1, 0.15) is 17.3 Å². The van der Waals surface area contributed by atoms with Gasteiger partial charge in [-0.3, -0.25) is 4.68 Å². The van der Waals surface area contributed by atoms with Crippen LogP contribution in [0.5, 0.6) is 0 Å². The van der Waals surface area contributed by atoms with Crippen molar-refractivity contribution < 1.29 is 27.0 Å². The highest BCUT2D eigenvalue weighted by atomic mass is 32.2. The molecule has 1 atom stereocenters. The SMILES string of the molecule is CCOC(O)c1csc(-n2nc(CC3CC3)c(Cc3ccc(S(N)(=O)=O)cc3F)c2-c2ccc(F)c(-c3cnn(C)c3)c2)n1. The highest BCUT2D eigenvalue weighted by Gasteiger charge is 2.30. The number of sulfonamides is 1. The van der Waals surface area contributed by atoms with Crippen LogP contribution in [0, 0.1) is 17.6 Å². The average Bonchev–Trinajstić information content (AvgIpc) is 3.32. The Bertz CT molecular complexity index is 1950. The largest absolute Gasteiger partial charge is 0.363 e. The topological polar surface area (TPSA) is 138 Å². The molecule has 0 saturated heterocycles. The Morgan fingerprint density at radius 2 is 1.95 bits per heavy atom. The van der Waals surface area contributed by atoms with Gasteiger partial charge in [-0.15, -0.1) is 11.3 Å². The van der Waals surface area contributed by atoms with E-state index in [4.69, 9.17) is 15.0 Å². The van der Waals surface area contributed by atoms with E-state index in [2.05, 4.69) is 10.1 Å². The number of primary sulfonamides is 1. The lowest BCUT2D eigenvalue weighted by Crippen LogP contribution is -2.12. The third-order valence-electron chi connectivity index (χ3n) is 7.49. The molecule has 1 unspecified atom stereocenters. The molecule has 1 saturated carbocycles. The molecular weight excluding hydrogens is 610 g/mol. The normalized spacial score (nSPS) is 14.3. The van der Waals surface area contributed by atoms with E-state index in [1.165, 1.54) is 29.5 Å². The van der Waals surface area contributed by atoms with E-state index in [-0.39, 0.29) is 16.9 Å². The van der Waals surface area contributed by atoms with Crippen LogP contribution in [0.15, 0.2) is 59.1 Å². The zero-order chi connectivity index (χ0) is 31.2. The van der Waals surface area contributed by atoms with Gasteiger partial charge in [-0.25, -0.2) is 32.0 Å². The molecule has 3 N–H and O–H groups in total. The molecule has 0 bridgehead atoms. The van der Waals surface area contributed by atoms with E-state index in [0.29, 0.717) is 57.7 Å². The zero-order valence-electron chi connectivity index (χ0n) is 23.9. The summed E-state index contributed by atoms with van der Waals surface area (Å²) in [6, 6.07) is 8.30. The molecule has 0 aliphatic heterocycles. The third kappa shape index (κ3) is 6.21. The van der Waals surface area contributed by atoms with Crippen molar-refractivity contribution in [1.29, 1.82) is 0 Å². The fourth-order valence-corrected chi connectivity index (χ4v) is 6.41. The molecule has 44 heavy (non-hydrogen) atoms. The minimum Gasteiger partial charge on any atom is -0.363 e. The number of hydrogen-bond acceptors (Lipinski definition) is 8. The number of aromatic nitrogens is 5. The van der Waals surface area contributed by atoms with Gasteiger partial charge in [0.25, 0.3) is 0 Å². The maximum absolute atomic E-state index is 15.4. The Balaban J connectivity index is 1.55. The van der Waals surface area contributed by atoms with Gasteiger partial charge in [-0.1, -0.05) is 6.07 Å². The van der Waals surface area contributed by atoms with Crippen molar-refractivity contribution in [1.82, 2.24) is 24.5 Å². The fourth-order valence-electron chi connectivity index (χ4n) is 5.10. The Kier molecular flexibility index (Phi) is 8.20. The van der Waals surface area contributed by atoms with Crippen LogP contribution < -0.4 is 5.14 Å². The van der Waals surface area contributed by atoms with Crippen molar-refractivity contribution in [2.24, 2.45) is 18.1 Å². The Hall–Kier alpha value is -3.82. The van der Waals surface area contributed by atoms with Crippen LogP contribution in [-0.4, -0.2) is 44.7 Å². The van der Waals surface area contributed by atoms with Gasteiger partial charge in [0, 0.05) is 53.9 Å². The fraction of sp³-hybridized carbons (Fsp3) is 0.300. The summed E-state index contributed by atoms with van der Waals surface area (Å²) in [4.78, 5) is 4.28. The van der Waals surface area contributed by atoms with Gasteiger partial charge in [-0.05, 0) is 68.0 Å². The summed E-state index contributed by atoms with van der Waals surface area (Å²) in [6.07, 6.45) is 4.87. The first kappa shape index (κ1) is 30.2. The number of ether oxygens (including phenoxy) is 1. The summed E-state index contributed by atoms with van der Waals surface area (Å²) in [7, 11) is -2.35. The smallest absolute Gasteiger partial charge is 0.238 e. The minimum atomic E-state index is -4.09. The summed E-state index contributed by atoms with van der Waals surface area (Å²) in [5.74, 6) is -0.738. The quantitative estimate of drug-likeness (QED) is 0.196. The van der Waals surface area contributed by atoms with Crippen molar-refractivity contribution in [2.75, 3.05) is 6.61 Å². The second-order valence-electron chi connectivity index (χ2n) is 10.8. The first-order valence-electron chi connectivity index (χ1n) is 14.0. The second-order valence-corrected chi connectivity index (χ2v) is 13.2. The van der Waals surface area contributed by atoms with Gasteiger partial charge in [-0.2, -0.15) is 10.2 Å². The van der Waals surface area contributed by atoms with Gasteiger partial charge in [0.05, 0.1) is 22.5 Å². The summed E-state index contributed by atoms with van der Waals surface area (Å²) in [5, 5.41) is 26.9. The number of aliphatic hydroxyl groups is 1. The van der Waals surface area contributed by atoms with Gasteiger partial charge < -0.3 is 9.84 Å². The van der Waals surface area contributed by atoms with E-state index < -0.39 is 27.9 Å². The standard InChI is InChI=1S/C30H30F2N6O4S2/c1-3-42-29(39)27-16-43-30(35-27)38-28(19-7-9-24(31)22(12-19)20-14-34-37(2)15-20)23(26(36-38)10-17-4-5-17)11-18-6-8-21(13-25(18)32)44(33,40)41/h6-9,12-17,29,39H,3-5,10-11H2,1-2H3,(H2,33,40,41). The summed E-state index contributed by atoms with van der Waals surface area (Å²) < 4.78 is 62.8. The molecule has 0 spiro atoms. The molecular formula is C30H30F2N6O4S2. The number of aliphatic hydroxyl groups excluding tert-OH is 1. The van der Waals surface area contributed by atoms with Crippen molar-refractivity contribution in [3.8, 4) is 27.5 Å². The number of rotatable bonds is 11. The number of hydrogen-bond donors (Lipinski definition) is 2. The van der Waals surface area contributed by atoms with Crippen LogP contribution in [0.2, 0.25) is 0 Å². The van der Waals surface area contributed by atoms with Crippen molar-refractivity contribution in [2.45, 2.75) is 43.8 Å². The summed E-state index contributed by atoms with van der Waals surface area (Å²) >= 11 is 1.25. The van der Waals surface area contributed by atoms with Crippen LogP contribution in [0.25, 0.3) is 27.5 Å². The molecule has 230 valence electrons. The van der Waals surface area contributed by atoms with Crippen LogP contribution in [0.1, 0.15) is 48.6 Å². The summed E-state index contributed by atoms with van der Waals surface area (Å²) in [6.45, 7) is 2.06. The predicted molar refractivity (Wildman–Crippen MR) is 160 cm³/mol. The number of halogens is 2. The molecule has 0 amide bonds. The first-order chi connectivity index (χ1) is 21.0. The minimum absolute atomic E-state index is 0.0769. The van der Waals surface area contributed by atoms with Crippen LogP contribution in [0.4, 0.5) is 8.78 Å². The molecule has 3 heterocycles. The van der Waals surface area contributed by atoms with E-state index in [1.807, 2.05) is 0 Å². The lowest BCUT2D eigenvalue weighted by atomic mass is 9.95. The maximum Gasteiger partial charge on any atom is 0.238 e. The van der Waals surface area contributed by atoms with Crippen LogP contribution in [-0.2, 0) is 34.6 Å². The molecule has 1 aliphatic rings. The monoisotopic (exact) mass is 640 g/mol. The molecule has 1 aliphatic carbocycles. The number of thiazole rings is 1. The molecule has 5 aromatic rings. The number of benzene rings is 2. The maximum atomic E-state index is 15.4. The molecule has 14 heteroatoms. The molecule has 2 aromatic carbocycles. The van der Waals surface area contributed by atoms with Crippen molar-refractivity contribution in [3.63, 3.8) is 0 Å². The lowest BCUT2D eigenvalue weighted by Gasteiger charge is -2.12. The van der Waals surface area contributed by atoms with Crippen LogP contribution >= 0.6 is 11.3 Å². The van der Waals surface area contributed by atoms with E-state index in [0.717, 1.165) is 24.6 Å². The van der Waals surface area contributed by atoms with Gasteiger partial charge in [0.15, 0.2) is 6.29 Å². The lowest BCUT2D eigenvalue weighted by molar-refractivity contribution is -0.100. The number of aryl methyl sites for hydroxylation is 1.